The van der Waals surface area contributed by atoms with E-state index in [0.29, 0.717) is 19.3 Å². The monoisotopic (exact) mass is 993 g/mol. The molecule has 1 unspecified atom stereocenters. The topological polar surface area (TPSA) is 78.9 Å². The molecular formula is C65H116O6. The van der Waals surface area contributed by atoms with Gasteiger partial charge in [-0.05, 0) is 109 Å². The Labute approximate surface area is 440 Å². The van der Waals surface area contributed by atoms with Gasteiger partial charge in [0.05, 0.1) is 0 Å². The molecule has 0 aliphatic carbocycles. The highest BCUT2D eigenvalue weighted by molar-refractivity contribution is 5.71. The van der Waals surface area contributed by atoms with Crippen LogP contribution in [0.2, 0.25) is 0 Å². The van der Waals surface area contributed by atoms with Gasteiger partial charge in [-0.3, -0.25) is 14.4 Å². The number of ether oxygens (including phenoxy) is 3. The van der Waals surface area contributed by atoms with Crippen LogP contribution in [0.5, 0.6) is 0 Å². The Bertz CT molecular complexity index is 1280. The molecule has 0 amide bonds. The first-order chi connectivity index (χ1) is 35.0. The highest BCUT2D eigenvalue weighted by atomic mass is 16.6. The minimum atomic E-state index is -0.788. The zero-order chi connectivity index (χ0) is 51.4. The van der Waals surface area contributed by atoms with E-state index in [9.17, 15) is 14.4 Å². The van der Waals surface area contributed by atoms with Crippen molar-refractivity contribution < 1.29 is 28.6 Å². The van der Waals surface area contributed by atoms with Crippen molar-refractivity contribution in [2.45, 2.75) is 322 Å². The van der Waals surface area contributed by atoms with Crippen LogP contribution in [0, 0.1) is 0 Å². The second-order valence-corrected chi connectivity index (χ2v) is 20.6. The van der Waals surface area contributed by atoms with Crippen LogP contribution < -0.4 is 0 Å². The van der Waals surface area contributed by atoms with Gasteiger partial charge in [0.25, 0.3) is 0 Å². The molecule has 0 rings (SSSR count). The lowest BCUT2D eigenvalue weighted by Crippen LogP contribution is -2.30. The Morgan fingerprint density at radius 1 is 0.282 bits per heavy atom. The van der Waals surface area contributed by atoms with E-state index in [1.165, 1.54) is 180 Å². The highest BCUT2D eigenvalue weighted by Crippen LogP contribution is 2.15. The van der Waals surface area contributed by atoms with Crippen LogP contribution in [-0.2, 0) is 28.6 Å². The minimum absolute atomic E-state index is 0.0850. The van der Waals surface area contributed by atoms with Gasteiger partial charge < -0.3 is 14.2 Å². The van der Waals surface area contributed by atoms with Crippen molar-refractivity contribution in [2.24, 2.45) is 0 Å². The van der Waals surface area contributed by atoms with Crippen molar-refractivity contribution in [2.75, 3.05) is 13.2 Å². The molecule has 412 valence electrons. The number of hydrogen-bond donors (Lipinski definition) is 0. The summed E-state index contributed by atoms with van der Waals surface area (Å²) in [5.74, 6) is -0.900. The van der Waals surface area contributed by atoms with Crippen LogP contribution in [0.4, 0.5) is 0 Å². The number of rotatable bonds is 56. The van der Waals surface area contributed by atoms with Crippen molar-refractivity contribution in [1.82, 2.24) is 0 Å². The molecule has 0 aromatic heterocycles. The Morgan fingerprint density at radius 3 is 0.803 bits per heavy atom. The molecule has 0 N–H and O–H groups in total. The number of carbonyl (C=O) groups excluding carboxylic acids is 3. The van der Waals surface area contributed by atoms with Gasteiger partial charge in [0, 0.05) is 19.3 Å². The molecule has 0 heterocycles. The molecule has 0 saturated carbocycles. The lowest BCUT2D eigenvalue weighted by molar-refractivity contribution is -0.167. The normalized spacial score (nSPS) is 12.4. The summed E-state index contributed by atoms with van der Waals surface area (Å²) in [6.45, 7) is 6.63. The molecule has 0 fully saturated rings. The standard InChI is InChI=1S/C65H116O6/c1-4-7-10-13-16-19-22-25-28-31-32-33-34-35-38-40-43-46-49-52-55-58-64(67)70-61-62(71-65(68)59-56-53-50-47-44-41-37-30-27-24-21-18-15-12-9-6-3)60-69-63(66)57-54-51-48-45-42-39-36-29-26-23-20-17-14-11-8-5-2/h22,25,29-32,34-37,62H,4-21,23-24,26-28,33,38-61H2,1-3H3/b25-22-,32-31-,35-34-,36-29-,37-30-. The number of carbonyl (C=O) groups is 3. The van der Waals surface area contributed by atoms with E-state index in [4.69, 9.17) is 14.2 Å². The van der Waals surface area contributed by atoms with Gasteiger partial charge in [-0.1, -0.05) is 248 Å². The molecule has 0 spiro atoms. The molecule has 6 heteroatoms. The van der Waals surface area contributed by atoms with Gasteiger partial charge in [-0.15, -0.1) is 0 Å². The van der Waals surface area contributed by atoms with Crippen molar-refractivity contribution in [1.29, 1.82) is 0 Å². The zero-order valence-electron chi connectivity index (χ0n) is 47.2. The lowest BCUT2D eigenvalue weighted by atomic mass is 10.1. The lowest BCUT2D eigenvalue weighted by Gasteiger charge is -2.18. The van der Waals surface area contributed by atoms with Gasteiger partial charge in [0.15, 0.2) is 6.10 Å². The van der Waals surface area contributed by atoms with E-state index in [2.05, 4.69) is 81.5 Å². The SMILES string of the molecule is CCCCCCC/C=C\C/C=C\C/C=C\CCCCCCCCC(=O)OCC(COC(=O)CCCCCCC/C=C\CCCCCCCCC)OC(=O)CCCCCCC/C=C\CCCCCCCCC. The van der Waals surface area contributed by atoms with Crippen molar-refractivity contribution in [3.8, 4) is 0 Å². The number of esters is 3. The molecule has 0 saturated heterocycles. The molecule has 71 heavy (non-hydrogen) atoms. The molecular weight excluding hydrogens is 877 g/mol. The summed E-state index contributed by atoms with van der Waals surface area (Å²) in [6.07, 6.45) is 75.0. The molecule has 0 aliphatic heterocycles. The summed E-state index contributed by atoms with van der Waals surface area (Å²) in [4.78, 5) is 38.2. The first-order valence-electron chi connectivity index (χ1n) is 30.8. The van der Waals surface area contributed by atoms with Crippen molar-refractivity contribution in [3.05, 3.63) is 60.8 Å². The van der Waals surface area contributed by atoms with Crippen LogP contribution >= 0.6 is 0 Å². The molecule has 0 aliphatic rings. The summed E-state index contributed by atoms with van der Waals surface area (Å²) < 4.78 is 16.9. The predicted molar refractivity (Wildman–Crippen MR) is 307 cm³/mol. The van der Waals surface area contributed by atoms with E-state index >= 15 is 0 Å². The largest absolute Gasteiger partial charge is 0.462 e. The van der Waals surface area contributed by atoms with Crippen molar-refractivity contribution >= 4 is 17.9 Å². The third-order valence-electron chi connectivity index (χ3n) is 13.5. The Hall–Kier alpha value is -2.89. The first-order valence-corrected chi connectivity index (χ1v) is 30.8. The fraction of sp³-hybridized carbons (Fsp3) is 0.800. The Balaban J connectivity index is 4.40. The summed E-state index contributed by atoms with van der Waals surface area (Å²) in [7, 11) is 0. The average Bonchev–Trinajstić information content (AvgIpc) is 3.37. The van der Waals surface area contributed by atoms with Crippen LogP contribution in [0.3, 0.4) is 0 Å². The van der Waals surface area contributed by atoms with Gasteiger partial charge in [-0.25, -0.2) is 0 Å². The van der Waals surface area contributed by atoms with E-state index in [1.54, 1.807) is 0 Å². The molecule has 0 aromatic rings. The van der Waals surface area contributed by atoms with Crippen LogP contribution in [0.1, 0.15) is 316 Å². The first kappa shape index (κ1) is 68.1. The number of unbranched alkanes of at least 4 members (excludes halogenated alkanes) is 35. The van der Waals surface area contributed by atoms with Gasteiger partial charge in [0.2, 0.25) is 0 Å². The summed E-state index contributed by atoms with van der Waals surface area (Å²) in [6, 6.07) is 0. The maximum Gasteiger partial charge on any atom is 0.306 e. The fourth-order valence-electron chi connectivity index (χ4n) is 8.79. The van der Waals surface area contributed by atoms with Crippen LogP contribution in [0.25, 0.3) is 0 Å². The van der Waals surface area contributed by atoms with E-state index in [1.807, 2.05) is 0 Å². The van der Waals surface area contributed by atoms with E-state index in [-0.39, 0.29) is 31.1 Å². The zero-order valence-corrected chi connectivity index (χ0v) is 47.2. The average molecular weight is 994 g/mol. The Morgan fingerprint density at radius 2 is 0.507 bits per heavy atom. The van der Waals surface area contributed by atoms with Gasteiger partial charge in [0.1, 0.15) is 13.2 Å². The van der Waals surface area contributed by atoms with E-state index < -0.39 is 6.10 Å². The smallest absolute Gasteiger partial charge is 0.306 e. The maximum absolute atomic E-state index is 12.9. The summed E-state index contributed by atoms with van der Waals surface area (Å²) >= 11 is 0. The third-order valence-corrected chi connectivity index (χ3v) is 13.5. The molecule has 0 aromatic carbocycles. The molecule has 6 nitrogen and oxygen atoms in total. The molecule has 0 bridgehead atoms. The van der Waals surface area contributed by atoms with Gasteiger partial charge in [-0.2, -0.15) is 0 Å². The quantitative estimate of drug-likeness (QED) is 0.0261. The van der Waals surface area contributed by atoms with Crippen molar-refractivity contribution in [3.63, 3.8) is 0 Å². The second-order valence-electron chi connectivity index (χ2n) is 20.6. The highest BCUT2D eigenvalue weighted by Gasteiger charge is 2.19. The minimum Gasteiger partial charge on any atom is -0.462 e. The summed E-state index contributed by atoms with van der Waals surface area (Å²) in [5, 5.41) is 0. The molecule has 0 radical (unpaired) electrons. The summed E-state index contributed by atoms with van der Waals surface area (Å²) in [5.41, 5.74) is 0. The third kappa shape index (κ3) is 57.9. The van der Waals surface area contributed by atoms with E-state index in [0.717, 1.165) is 96.3 Å². The molecule has 1 atom stereocenters. The maximum atomic E-state index is 12.9. The number of hydrogen-bond acceptors (Lipinski definition) is 6. The van der Waals surface area contributed by atoms with Crippen LogP contribution in [-0.4, -0.2) is 37.2 Å². The number of allylic oxidation sites excluding steroid dienone is 10. The van der Waals surface area contributed by atoms with Gasteiger partial charge >= 0.3 is 17.9 Å². The fourth-order valence-corrected chi connectivity index (χ4v) is 8.79. The second kappa shape index (κ2) is 59.7. The Kier molecular flexibility index (Phi) is 57.2. The van der Waals surface area contributed by atoms with Crippen LogP contribution in [0.15, 0.2) is 60.8 Å². The predicted octanol–water partition coefficient (Wildman–Crippen LogP) is 20.8.